The largest absolute Gasteiger partial charge is 0.381 e. The first kappa shape index (κ1) is 21.3. The van der Waals surface area contributed by atoms with E-state index in [0.717, 1.165) is 37.3 Å². The van der Waals surface area contributed by atoms with Crippen LogP contribution in [0.2, 0.25) is 0 Å². The quantitative estimate of drug-likeness (QED) is 0.617. The maximum absolute atomic E-state index is 11.4. The number of likely N-dealkylation sites (N-methyl/N-ethyl adjacent to an activating group) is 1. The number of amides is 1. The van der Waals surface area contributed by atoms with Crippen LogP contribution < -0.4 is 16.4 Å². The average Bonchev–Trinajstić information content (AvgIpc) is 3.30. The van der Waals surface area contributed by atoms with Crippen molar-refractivity contribution in [1.29, 1.82) is 5.26 Å². The lowest BCUT2D eigenvalue weighted by Crippen LogP contribution is -2.51. The smallest absolute Gasteiger partial charge is 0.251 e. The van der Waals surface area contributed by atoms with Crippen molar-refractivity contribution in [3.05, 3.63) is 47.9 Å². The van der Waals surface area contributed by atoms with Gasteiger partial charge in [0, 0.05) is 37.4 Å². The molecule has 4 N–H and O–H groups in total. The third-order valence-corrected chi connectivity index (χ3v) is 5.87. The van der Waals surface area contributed by atoms with Crippen LogP contribution in [0.3, 0.4) is 0 Å². The zero-order valence-corrected chi connectivity index (χ0v) is 18.1. The third-order valence-electron chi connectivity index (χ3n) is 5.87. The van der Waals surface area contributed by atoms with Crippen molar-refractivity contribution in [1.82, 2.24) is 24.6 Å². The molecule has 0 radical (unpaired) electrons. The SMILES string of the molecule is CC[C@H]1CN(c2ccc(-c3cnc(N)c(-n4cc(C(N)=O)cn4)n3)cc2C#N)CCN1C. The standard InChI is InChI=1S/C22H25N9O/c1-3-17-13-30(7-6-29(17)2)19-5-4-14(8-15(19)9-23)18-11-26-20(24)22(28-18)31-12-16(10-27-31)21(25)32/h4-5,8,10-12,17H,3,6-7,13H2,1-2H3,(H2,24,26)(H2,25,32)/t17-/m0/s1. The van der Waals surface area contributed by atoms with E-state index < -0.39 is 5.91 Å². The summed E-state index contributed by atoms with van der Waals surface area (Å²) in [4.78, 5) is 24.8. The van der Waals surface area contributed by atoms with Crippen LogP contribution in [0.15, 0.2) is 36.8 Å². The first-order valence-electron chi connectivity index (χ1n) is 10.4. The summed E-state index contributed by atoms with van der Waals surface area (Å²) in [7, 11) is 2.14. The van der Waals surface area contributed by atoms with E-state index in [1.54, 1.807) is 6.20 Å². The fraction of sp³-hybridized carbons (Fsp3) is 0.318. The molecule has 1 aliphatic rings. The molecule has 164 valence electrons. The van der Waals surface area contributed by atoms with E-state index in [2.05, 4.69) is 44.9 Å². The van der Waals surface area contributed by atoms with Crippen molar-refractivity contribution in [2.24, 2.45) is 5.73 Å². The number of piperazine rings is 1. The number of benzene rings is 1. The number of primary amides is 1. The second-order valence-corrected chi connectivity index (χ2v) is 7.83. The fourth-order valence-corrected chi connectivity index (χ4v) is 3.93. The van der Waals surface area contributed by atoms with Gasteiger partial charge in [-0.05, 0) is 25.6 Å². The lowest BCUT2D eigenvalue weighted by atomic mass is 10.0. The van der Waals surface area contributed by atoms with Gasteiger partial charge in [-0.15, -0.1) is 0 Å². The second kappa shape index (κ2) is 8.64. The van der Waals surface area contributed by atoms with E-state index in [9.17, 15) is 10.1 Å². The Hall–Kier alpha value is -3.97. The van der Waals surface area contributed by atoms with E-state index in [1.165, 1.54) is 17.1 Å². The average molecular weight is 432 g/mol. The molecule has 10 nitrogen and oxygen atoms in total. The molecule has 0 unspecified atom stereocenters. The lowest BCUT2D eigenvalue weighted by Gasteiger charge is -2.40. The molecule has 0 spiro atoms. The number of aromatic nitrogens is 4. The minimum atomic E-state index is -0.595. The first-order valence-corrected chi connectivity index (χ1v) is 10.4. The highest BCUT2D eigenvalue weighted by Gasteiger charge is 2.24. The molecule has 3 heterocycles. The van der Waals surface area contributed by atoms with Crippen LogP contribution in [-0.4, -0.2) is 63.3 Å². The number of hydrogen-bond acceptors (Lipinski definition) is 8. The van der Waals surface area contributed by atoms with Crippen molar-refractivity contribution in [2.45, 2.75) is 19.4 Å². The highest BCUT2D eigenvalue weighted by molar-refractivity contribution is 5.92. The molecule has 3 aromatic rings. The maximum Gasteiger partial charge on any atom is 0.251 e. The van der Waals surface area contributed by atoms with Gasteiger partial charge in [0.25, 0.3) is 5.91 Å². The number of anilines is 2. The number of hydrogen-bond donors (Lipinski definition) is 2. The van der Waals surface area contributed by atoms with Gasteiger partial charge >= 0.3 is 0 Å². The number of nitriles is 1. The molecule has 10 heteroatoms. The zero-order valence-electron chi connectivity index (χ0n) is 18.1. The van der Waals surface area contributed by atoms with Crippen LogP contribution in [0, 0.1) is 11.3 Å². The Labute approximate surface area is 186 Å². The molecular formula is C22H25N9O. The fourth-order valence-electron chi connectivity index (χ4n) is 3.93. The van der Waals surface area contributed by atoms with Crippen molar-refractivity contribution in [3.8, 4) is 23.1 Å². The van der Waals surface area contributed by atoms with Crippen LogP contribution in [0.4, 0.5) is 11.5 Å². The van der Waals surface area contributed by atoms with E-state index in [4.69, 9.17) is 11.5 Å². The van der Waals surface area contributed by atoms with Gasteiger partial charge in [-0.3, -0.25) is 9.69 Å². The van der Waals surface area contributed by atoms with E-state index in [-0.39, 0.29) is 17.2 Å². The molecule has 1 fully saturated rings. The summed E-state index contributed by atoms with van der Waals surface area (Å²) in [5, 5.41) is 13.9. The number of carbonyl (C=O) groups is 1. The van der Waals surface area contributed by atoms with Crippen molar-refractivity contribution < 1.29 is 4.79 Å². The minimum absolute atomic E-state index is 0.160. The highest BCUT2D eigenvalue weighted by Crippen LogP contribution is 2.29. The van der Waals surface area contributed by atoms with E-state index >= 15 is 0 Å². The Morgan fingerprint density at radius 3 is 2.81 bits per heavy atom. The Morgan fingerprint density at radius 2 is 2.12 bits per heavy atom. The van der Waals surface area contributed by atoms with Crippen LogP contribution in [-0.2, 0) is 0 Å². The number of rotatable bonds is 5. The third kappa shape index (κ3) is 3.98. The molecule has 1 aliphatic heterocycles. The molecule has 32 heavy (non-hydrogen) atoms. The van der Waals surface area contributed by atoms with Gasteiger partial charge in [0.2, 0.25) is 0 Å². The molecule has 0 saturated carbocycles. The summed E-state index contributed by atoms with van der Waals surface area (Å²) in [6.07, 6.45) is 5.41. The molecule has 2 aromatic heterocycles. The number of nitrogens with zero attached hydrogens (tertiary/aromatic N) is 7. The van der Waals surface area contributed by atoms with E-state index in [0.29, 0.717) is 17.3 Å². The molecule has 1 saturated heterocycles. The molecule has 0 aliphatic carbocycles. The molecule has 1 aromatic carbocycles. The Bertz CT molecular complexity index is 1200. The predicted molar refractivity (Wildman–Crippen MR) is 121 cm³/mol. The van der Waals surface area contributed by atoms with Crippen molar-refractivity contribution >= 4 is 17.4 Å². The molecule has 4 rings (SSSR count). The number of nitrogens with two attached hydrogens (primary N) is 2. The van der Waals surface area contributed by atoms with Crippen LogP contribution in [0.5, 0.6) is 0 Å². The van der Waals surface area contributed by atoms with Gasteiger partial charge in [-0.1, -0.05) is 13.0 Å². The maximum atomic E-state index is 11.4. The Balaban J connectivity index is 1.67. The summed E-state index contributed by atoms with van der Waals surface area (Å²) in [5.74, 6) is -0.155. The van der Waals surface area contributed by atoms with E-state index in [1.807, 2.05) is 18.2 Å². The highest BCUT2D eigenvalue weighted by atomic mass is 16.1. The number of nitrogen functional groups attached to an aromatic ring is 1. The van der Waals surface area contributed by atoms with Crippen molar-refractivity contribution in [2.75, 3.05) is 37.3 Å². The van der Waals surface area contributed by atoms with Crippen LogP contribution >= 0.6 is 0 Å². The molecular weight excluding hydrogens is 406 g/mol. The molecule has 0 bridgehead atoms. The van der Waals surface area contributed by atoms with Crippen LogP contribution in [0.1, 0.15) is 29.3 Å². The van der Waals surface area contributed by atoms with Gasteiger partial charge < -0.3 is 16.4 Å². The summed E-state index contributed by atoms with van der Waals surface area (Å²) < 4.78 is 1.36. The summed E-state index contributed by atoms with van der Waals surface area (Å²) in [6, 6.07) is 8.49. The Morgan fingerprint density at radius 1 is 1.31 bits per heavy atom. The van der Waals surface area contributed by atoms with Crippen molar-refractivity contribution in [3.63, 3.8) is 0 Å². The van der Waals surface area contributed by atoms with Gasteiger partial charge in [-0.2, -0.15) is 10.4 Å². The summed E-state index contributed by atoms with van der Waals surface area (Å²) >= 11 is 0. The van der Waals surface area contributed by atoms with Gasteiger partial charge in [0.1, 0.15) is 6.07 Å². The monoisotopic (exact) mass is 431 g/mol. The minimum Gasteiger partial charge on any atom is -0.381 e. The van der Waals surface area contributed by atoms with Gasteiger partial charge in [0.15, 0.2) is 11.6 Å². The summed E-state index contributed by atoms with van der Waals surface area (Å²) in [6.45, 7) is 4.89. The second-order valence-electron chi connectivity index (χ2n) is 7.83. The Kier molecular flexibility index (Phi) is 5.75. The first-order chi connectivity index (χ1) is 15.4. The number of carbonyl (C=O) groups excluding carboxylic acids is 1. The topological polar surface area (TPSA) is 143 Å². The van der Waals surface area contributed by atoms with Gasteiger partial charge in [0.05, 0.1) is 34.9 Å². The zero-order chi connectivity index (χ0) is 22.8. The predicted octanol–water partition coefficient (Wildman–Crippen LogP) is 1.41. The lowest BCUT2D eigenvalue weighted by molar-refractivity contribution is 0.100. The summed E-state index contributed by atoms with van der Waals surface area (Å²) in [5.41, 5.74) is 14.3. The van der Waals surface area contributed by atoms with Crippen LogP contribution in [0.25, 0.3) is 17.1 Å². The molecule has 1 amide bonds. The van der Waals surface area contributed by atoms with Gasteiger partial charge in [-0.25, -0.2) is 14.6 Å². The normalized spacial score (nSPS) is 16.7. The molecule has 1 atom stereocenters.